The van der Waals surface area contributed by atoms with Crippen LogP contribution in [0.4, 0.5) is 5.95 Å². The molecule has 1 heterocycles. The highest BCUT2D eigenvalue weighted by molar-refractivity contribution is 6.35. The summed E-state index contributed by atoms with van der Waals surface area (Å²) in [5.74, 6) is 1.72. The Morgan fingerprint density at radius 2 is 1.87 bits per heavy atom. The number of anilines is 1. The van der Waals surface area contributed by atoms with E-state index in [1.165, 1.54) is 0 Å². The van der Waals surface area contributed by atoms with Crippen molar-refractivity contribution in [1.29, 1.82) is 0 Å². The maximum Gasteiger partial charge on any atom is 0.222 e. The molecule has 4 aromatic rings. The summed E-state index contributed by atoms with van der Waals surface area (Å²) in [6.45, 7) is 2.27. The van der Waals surface area contributed by atoms with Gasteiger partial charge in [-0.1, -0.05) is 35.3 Å². The Morgan fingerprint density at radius 1 is 1.06 bits per heavy atom. The third-order valence-electron chi connectivity index (χ3n) is 4.64. The van der Waals surface area contributed by atoms with E-state index in [1.807, 2.05) is 43.3 Å². The quantitative estimate of drug-likeness (QED) is 0.257. The summed E-state index contributed by atoms with van der Waals surface area (Å²) in [6, 6.07) is 16.9. The molecule has 0 unspecified atom stereocenters. The summed E-state index contributed by atoms with van der Waals surface area (Å²) < 4.78 is 11.3. The first-order valence-electron chi connectivity index (χ1n) is 9.52. The molecule has 0 aliphatic carbocycles. The standard InChI is InChI=1S/C23H20Cl2N4O2/c1-14-6-8-19-20(10-14)28-23(27-19)29-26-12-15-7-9-21(22(11-15)30-2)31-13-16-17(24)4-3-5-18(16)25/h3-12H,13H2,1-2H3,(H2,27,28,29)/b26-12-. The van der Waals surface area contributed by atoms with Crippen LogP contribution >= 0.6 is 23.2 Å². The Labute approximate surface area is 189 Å². The van der Waals surface area contributed by atoms with Crippen LogP contribution in [0.2, 0.25) is 10.0 Å². The first kappa shape index (κ1) is 21.0. The highest BCUT2D eigenvalue weighted by Crippen LogP contribution is 2.31. The van der Waals surface area contributed by atoms with E-state index in [1.54, 1.807) is 31.5 Å². The number of ether oxygens (including phenoxy) is 2. The van der Waals surface area contributed by atoms with Gasteiger partial charge in [-0.3, -0.25) is 0 Å². The van der Waals surface area contributed by atoms with E-state index in [0.717, 1.165) is 27.7 Å². The number of hydrogen-bond acceptors (Lipinski definition) is 5. The van der Waals surface area contributed by atoms with Crippen molar-refractivity contribution < 1.29 is 9.47 Å². The van der Waals surface area contributed by atoms with Gasteiger partial charge in [0.25, 0.3) is 0 Å². The van der Waals surface area contributed by atoms with Gasteiger partial charge in [0, 0.05) is 15.6 Å². The molecule has 8 heteroatoms. The third kappa shape index (κ3) is 4.93. The second-order valence-corrected chi connectivity index (χ2v) is 7.69. The van der Waals surface area contributed by atoms with Crippen molar-refractivity contribution in [3.8, 4) is 11.5 Å². The van der Waals surface area contributed by atoms with Crippen molar-refractivity contribution >= 4 is 46.4 Å². The van der Waals surface area contributed by atoms with Gasteiger partial charge in [0.2, 0.25) is 5.95 Å². The van der Waals surface area contributed by atoms with Gasteiger partial charge in [0.15, 0.2) is 11.5 Å². The number of aromatic nitrogens is 2. The average molecular weight is 455 g/mol. The lowest BCUT2D eigenvalue weighted by Crippen LogP contribution is -2.00. The summed E-state index contributed by atoms with van der Waals surface area (Å²) in [5, 5.41) is 5.37. The summed E-state index contributed by atoms with van der Waals surface area (Å²) >= 11 is 12.4. The number of fused-ring (bicyclic) bond motifs is 1. The number of rotatable bonds is 7. The monoisotopic (exact) mass is 454 g/mol. The molecule has 158 valence electrons. The van der Waals surface area contributed by atoms with Gasteiger partial charge in [-0.05, 0) is 60.5 Å². The Hall–Kier alpha value is -3.22. The summed E-state index contributed by atoms with van der Waals surface area (Å²) in [7, 11) is 1.58. The Morgan fingerprint density at radius 3 is 2.65 bits per heavy atom. The molecule has 6 nitrogen and oxygen atoms in total. The van der Waals surface area contributed by atoms with E-state index in [4.69, 9.17) is 32.7 Å². The zero-order chi connectivity index (χ0) is 21.8. The predicted molar refractivity (Wildman–Crippen MR) is 126 cm³/mol. The lowest BCUT2D eigenvalue weighted by atomic mass is 10.2. The van der Waals surface area contributed by atoms with E-state index in [2.05, 4.69) is 20.5 Å². The van der Waals surface area contributed by atoms with E-state index in [-0.39, 0.29) is 6.61 Å². The number of aryl methyl sites for hydroxylation is 1. The number of nitrogens with zero attached hydrogens (tertiary/aromatic N) is 2. The molecule has 0 bridgehead atoms. The van der Waals surface area contributed by atoms with Crippen LogP contribution < -0.4 is 14.9 Å². The lowest BCUT2D eigenvalue weighted by molar-refractivity contribution is 0.284. The van der Waals surface area contributed by atoms with Gasteiger partial charge < -0.3 is 14.5 Å². The van der Waals surface area contributed by atoms with Crippen LogP contribution in [0.5, 0.6) is 11.5 Å². The number of hydrazone groups is 1. The molecular formula is C23H20Cl2N4O2. The molecule has 2 N–H and O–H groups in total. The number of hydrogen-bond donors (Lipinski definition) is 2. The van der Waals surface area contributed by atoms with Gasteiger partial charge in [-0.15, -0.1) is 0 Å². The van der Waals surface area contributed by atoms with Crippen LogP contribution in [-0.2, 0) is 6.61 Å². The zero-order valence-corrected chi connectivity index (χ0v) is 18.5. The van der Waals surface area contributed by atoms with Crippen molar-refractivity contribution in [2.24, 2.45) is 5.10 Å². The molecule has 0 saturated heterocycles. The van der Waals surface area contributed by atoms with Crippen LogP contribution in [0.15, 0.2) is 59.7 Å². The lowest BCUT2D eigenvalue weighted by Gasteiger charge is -2.13. The van der Waals surface area contributed by atoms with E-state index < -0.39 is 0 Å². The minimum Gasteiger partial charge on any atom is -0.493 e. The Bertz CT molecular complexity index is 1230. The molecule has 0 spiro atoms. The second-order valence-electron chi connectivity index (χ2n) is 6.88. The molecule has 1 aromatic heterocycles. The van der Waals surface area contributed by atoms with Crippen LogP contribution in [0.3, 0.4) is 0 Å². The summed E-state index contributed by atoms with van der Waals surface area (Å²) in [5.41, 5.74) is 7.47. The van der Waals surface area contributed by atoms with Crippen molar-refractivity contribution in [3.63, 3.8) is 0 Å². The second kappa shape index (κ2) is 9.29. The van der Waals surface area contributed by atoms with Crippen LogP contribution in [0, 0.1) is 6.92 Å². The molecule has 0 aliphatic rings. The van der Waals surface area contributed by atoms with Gasteiger partial charge in [0.1, 0.15) is 6.61 Å². The van der Waals surface area contributed by atoms with Gasteiger partial charge in [-0.2, -0.15) is 5.10 Å². The number of benzene rings is 3. The highest BCUT2D eigenvalue weighted by atomic mass is 35.5. The zero-order valence-electron chi connectivity index (χ0n) is 16.9. The number of nitrogens with one attached hydrogen (secondary N) is 2. The van der Waals surface area contributed by atoms with Crippen molar-refractivity contribution in [2.45, 2.75) is 13.5 Å². The maximum atomic E-state index is 6.21. The normalized spacial score (nSPS) is 11.2. The molecule has 0 amide bonds. The van der Waals surface area contributed by atoms with Crippen LogP contribution in [0.1, 0.15) is 16.7 Å². The van der Waals surface area contributed by atoms with Crippen LogP contribution in [0.25, 0.3) is 11.0 Å². The minimum atomic E-state index is 0.232. The Kier molecular flexibility index (Phi) is 6.30. The average Bonchev–Trinajstić information content (AvgIpc) is 3.15. The maximum absolute atomic E-state index is 6.21. The molecule has 0 fully saturated rings. The summed E-state index contributed by atoms with van der Waals surface area (Å²) in [4.78, 5) is 7.65. The smallest absolute Gasteiger partial charge is 0.222 e. The highest BCUT2D eigenvalue weighted by Gasteiger charge is 2.10. The van der Waals surface area contributed by atoms with E-state index in [9.17, 15) is 0 Å². The van der Waals surface area contributed by atoms with Gasteiger partial charge in [-0.25, -0.2) is 10.4 Å². The fourth-order valence-electron chi connectivity index (χ4n) is 3.05. The number of methoxy groups -OCH3 is 1. The third-order valence-corrected chi connectivity index (χ3v) is 5.35. The van der Waals surface area contributed by atoms with Gasteiger partial charge >= 0.3 is 0 Å². The molecule has 0 atom stereocenters. The van der Waals surface area contributed by atoms with Gasteiger partial charge in [0.05, 0.1) is 24.4 Å². The van der Waals surface area contributed by atoms with Crippen molar-refractivity contribution in [3.05, 3.63) is 81.3 Å². The number of aromatic amines is 1. The molecule has 3 aromatic carbocycles. The van der Waals surface area contributed by atoms with E-state index >= 15 is 0 Å². The fourth-order valence-corrected chi connectivity index (χ4v) is 3.55. The van der Waals surface area contributed by atoms with Crippen molar-refractivity contribution in [1.82, 2.24) is 9.97 Å². The Balaban J connectivity index is 1.44. The topological polar surface area (TPSA) is 71.5 Å². The minimum absolute atomic E-state index is 0.232. The molecule has 0 aliphatic heterocycles. The number of H-pyrrole nitrogens is 1. The molecular weight excluding hydrogens is 435 g/mol. The molecule has 4 rings (SSSR count). The van der Waals surface area contributed by atoms with Crippen molar-refractivity contribution in [2.75, 3.05) is 12.5 Å². The molecule has 0 radical (unpaired) electrons. The molecule has 31 heavy (non-hydrogen) atoms. The largest absolute Gasteiger partial charge is 0.493 e. The number of imidazole rings is 1. The number of halogens is 2. The predicted octanol–water partition coefficient (Wildman–Crippen LogP) is 6.21. The summed E-state index contributed by atoms with van der Waals surface area (Å²) in [6.07, 6.45) is 1.68. The first-order chi connectivity index (χ1) is 15.0. The fraction of sp³-hybridized carbons (Fsp3) is 0.130. The van der Waals surface area contributed by atoms with E-state index in [0.29, 0.717) is 27.5 Å². The molecule has 0 saturated carbocycles. The first-order valence-corrected chi connectivity index (χ1v) is 10.3. The van der Waals surface area contributed by atoms with Crippen LogP contribution in [-0.4, -0.2) is 23.3 Å². The SMILES string of the molecule is COc1cc(/C=N\Nc2nc3ccc(C)cc3[nH]2)ccc1OCc1c(Cl)cccc1Cl.